The van der Waals surface area contributed by atoms with Gasteiger partial charge in [0.2, 0.25) is 0 Å². The molecular weight excluding hydrogens is 342 g/mol. The average Bonchev–Trinajstić information content (AvgIpc) is 2.73. The second-order valence-corrected chi connectivity index (χ2v) is 5.91. The van der Waals surface area contributed by atoms with Crippen LogP contribution in [-0.4, -0.2) is 40.4 Å². The molecule has 0 amide bonds. The number of guanidine groups is 1. The molecule has 2 aromatic carbocycles. The van der Waals surface area contributed by atoms with Crippen molar-refractivity contribution in [1.29, 1.82) is 0 Å². The number of hydrogen-bond acceptors (Lipinski definition) is 4. The van der Waals surface area contributed by atoms with Crippen LogP contribution in [0, 0.1) is 0 Å². The van der Waals surface area contributed by atoms with E-state index in [1.165, 1.54) is 0 Å². The maximum Gasteiger partial charge on any atom is 0.191 e. The Hall–Kier alpha value is -2.89. The highest BCUT2D eigenvalue weighted by atomic mass is 16.5. The molecule has 0 saturated heterocycles. The van der Waals surface area contributed by atoms with E-state index in [0.29, 0.717) is 13.2 Å². The molecule has 0 radical (unpaired) electrons. The van der Waals surface area contributed by atoms with Crippen molar-refractivity contribution in [3.63, 3.8) is 0 Å². The summed E-state index contributed by atoms with van der Waals surface area (Å²) < 4.78 is 16.3. The second-order valence-electron chi connectivity index (χ2n) is 5.91. The van der Waals surface area contributed by atoms with Gasteiger partial charge in [-0.05, 0) is 42.7 Å². The zero-order valence-corrected chi connectivity index (χ0v) is 16.3. The summed E-state index contributed by atoms with van der Waals surface area (Å²) in [6.07, 6.45) is 1.98. The number of nitrogens with zero attached hydrogens (tertiary/aromatic N) is 1. The molecule has 0 aliphatic rings. The summed E-state index contributed by atoms with van der Waals surface area (Å²) in [6, 6.07) is 15.7. The topological polar surface area (TPSA) is 64.1 Å². The molecule has 2 N–H and O–H groups in total. The number of para-hydroxylation sites is 1. The molecule has 6 nitrogen and oxygen atoms in total. The Morgan fingerprint density at radius 1 is 0.926 bits per heavy atom. The van der Waals surface area contributed by atoms with Crippen molar-refractivity contribution < 1.29 is 14.2 Å². The highest BCUT2D eigenvalue weighted by Crippen LogP contribution is 2.27. The van der Waals surface area contributed by atoms with Gasteiger partial charge in [0, 0.05) is 20.1 Å². The lowest BCUT2D eigenvalue weighted by atomic mass is 10.2. The molecule has 0 aliphatic heterocycles. The van der Waals surface area contributed by atoms with Crippen molar-refractivity contribution in [1.82, 2.24) is 10.6 Å². The lowest BCUT2D eigenvalue weighted by Crippen LogP contribution is -2.37. The van der Waals surface area contributed by atoms with Gasteiger partial charge in [-0.15, -0.1) is 0 Å². The van der Waals surface area contributed by atoms with Crippen molar-refractivity contribution in [2.45, 2.75) is 19.4 Å². The van der Waals surface area contributed by atoms with E-state index in [1.54, 1.807) is 21.3 Å². The maximum atomic E-state index is 5.69. The van der Waals surface area contributed by atoms with Gasteiger partial charge in [-0.1, -0.05) is 24.3 Å². The Morgan fingerprint density at radius 3 is 2.41 bits per heavy atom. The molecule has 0 heterocycles. The number of nitrogens with one attached hydrogen (secondary N) is 2. The first-order valence-electron chi connectivity index (χ1n) is 9.10. The Labute approximate surface area is 161 Å². The van der Waals surface area contributed by atoms with Crippen LogP contribution in [0.3, 0.4) is 0 Å². The van der Waals surface area contributed by atoms with E-state index < -0.39 is 0 Å². The van der Waals surface area contributed by atoms with Crippen LogP contribution >= 0.6 is 0 Å². The van der Waals surface area contributed by atoms with Gasteiger partial charge < -0.3 is 24.8 Å². The Morgan fingerprint density at radius 2 is 1.70 bits per heavy atom. The fraction of sp³-hybridized carbons (Fsp3) is 0.381. The van der Waals surface area contributed by atoms with E-state index in [9.17, 15) is 0 Å². The van der Waals surface area contributed by atoms with Crippen LogP contribution in [0.25, 0.3) is 0 Å². The minimum atomic E-state index is 0.650. The first kappa shape index (κ1) is 20.4. The molecule has 2 aromatic rings. The number of benzene rings is 2. The van der Waals surface area contributed by atoms with Gasteiger partial charge in [0.05, 0.1) is 20.8 Å². The Bertz CT molecular complexity index is 705. The summed E-state index contributed by atoms with van der Waals surface area (Å²) in [5.74, 6) is 3.13. The third kappa shape index (κ3) is 7.09. The van der Waals surface area contributed by atoms with Crippen LogP contribution < -0.4 is 24.8 Å². The van der Waals surface area contributed by atoms with Gasteiger partial charge in [0.15, 0.2) is 17.5 Å². The normalized spacial score (nSPS) is 11.0. The predicted octanol–water partition coefficient (Wildman–Crippen LogP) is 3.23. The standard InChI is InChI=1S/C21H29N3O3/c1-22-21(23-13-7-8-14-27-18-9-5-4-6-10-18)24-16-17-11-12-19(25-2)20(15-17)26-3/h4-6,9-12,15H,7-8,13-14,16H2,1-3H3,(H2,22,23,24). The quantitative estimate of drug-likeness (QED) is 0.381. The van der Waals surface area contributed by atoms with Crippen molar-refractivity contribution in [3.8, 4) is 17.2 Å². The number of rotatable bonds is 10. The third-order valence-corrected chi connectivity index (χ3v) is 4.01. The van der Waals surface area contributed by atoms with E-state index in [0.717, 1.165) is 48.2 Å². The molecule has 0 fully saturated rings. The minimum Gasteiger partial charge on any atom is -0.494 e. The summed E-state index contributed by atoms with van der Waals surface area (Å²) >= 11 is 0. The molecule has 0 saturated carbocycles. The largest absolute Gasteiger partial charge is 0.494 e. The fourth-order valence-electron chi connectivity index (χ4n) is 2.54. The molecule has 27 heavy (non-hydrogen) atoms. The highest BCUT2D eigenvalue weighted by molar-refractivity contribution is 5.79. The molecule has 0 atom stereocenters. The van der Waals surface area contributed by atoms with Crippen LogP contribution in [0.1, 0.15) is 18.4 Å². The lowest BCUT2D eigenvalue weighted by Gasteiger charge is -2.13. The summed E-state index contributed by atoms with van der Waals surface area (Å²) in [5, 5.41) is 6.62. The summed E-state index contributed by atoms with van der Waals surface area (Å²) in [7, 11) is 5.03. The first-order chi connectivity index (χ1) is 13.3. The number of hydrogen-bond donors (Lipinski definition) is 2. The Balaban J connectivity index is 1.65. The smallest absolute Gasteiger partial charge is 0.191 e. The molecule has 0 aromatic heterocycles. The van der Waals surface area contributed by atoms with Gasteiger partial charge in [-0.25, -0.2) is 0 Å². The summed E-state index contributed by atoms with van der Waals surface area (Å²) in [4.78, 5) is 4.25. The lowest BCUT2D eigenvalue weighted by molar-refractivity contribution is 0.307. The summed E-state index contributed by atoms with van der Waals surface area (Å²) in [5.41, 5.74) is 1.09. The molecular formula is C21H29N3O3. The van der Waals surface area contributed by atoms with Crippen molar-refractivity contribution in [2.24, 2.45) is 4.99 Å². The van der Waals surface area contributed by atoms with Crippen molar-refractivity contribution >= 4 is 5.96 Å². The van der Waals surface area contributed by atoms with Gasteiger partial charge in [0.1, 0.15) is 5.75 Å². The van der Waals surface area contributed by atoms with Crippen LogP contribution in [0.2, 0.25) is 0 Å². The van der Waals surface area contributed by atoms with Crippen LogP contribution in [-0.2, 0) is 6.54 Å². The SMILES string of the molecule is CN=C(NCCCCOc1ccccc1)NCc1ccc(OC)c(OC)c1. The maximum absolute atomic E-state index is 5.69. The number of methoxy groups -OCH3 is 2. The van der Waals surface area contributed by atoms with Gasteiger partial charge in [-0.3, -0.25) is 4.99 Å². The van der Waals surface area contributed by atoms with E-state index in [4.69, 9.17) is 14.2 Å². The Kier molecular flexibility index (Phi) is 8.83. The third-order valence-electron chi connectivity index (χ3n) is 4.01. The van der Waals surface area contributed by atoms with E-state index in [2.05, 4.69) is 15.6 Å². The van der Waals surface area contributed by atoms with E-state index in [1.807, 2.05) is 48.5 Å². The highest BCUT2D eigenvalue weighted by Gasteiger charge is 2.05. The zero-order valence-electron chi connectivity index (χ0n) is 16.3. The van der Waals surface area contributed by atoms with E-state index in [-0.39, 0.29) is 0 Å². The van der Waals surface area contributed by atoms with Crippen LogP contribution in [0.15, 0.2) is 53.5 Å². The molecule has 6 heteroatoms. The predicted molar refractivity (Wildman–Crippen MR) is 109 cm³/mol. The monoisotopic (exact) mass is 371 g/mol. The molecule has 0 spiro atoms. The number of aliphatic imine (C=N–C) groups is 1. The second kappa shape index (κ2) is 11.7. The fourth-order valence-corrected chi connectivity index (χ4v) is 2.54. The first-order valence-corrected chi connectivity index (χ1v) is 9.10. The molecule has 0 aliphatic carbocycles. The minimum absolute atomic E-state index is 0.650. The van der Waals surface area contributed by atoms with Crippen molar-refractivity contribution in [2.75, 3.05) is 34.4 Å². The van der Waals surface area contributed by atoms with Gasteiger partial charge in [-0.2, -0.15) is 0 Å². The van der Waals surface area contributed by atoms with E-state index >= 15 is 0 Å². The van der Waals surface area contributed by atoms with Crippen molar-refractivity contribution in [3.05, 3.63) is 54.1 Å². The zero-order chi connectivity index (χ0) is 19.3. The van der Waals surface area contributed by atoms with Crippen LogP contribution in [0.5, 0.6) is 17.2 Å². The molecule has 0 unspecified atom stereocenters. The molecule has 2 rings (SSSR count). The van der Waals surface area contributed by atoms with Gasteiger partial charge in [0.25, 0.3) is 0 Å². The summed E-state index contributed by atoms with van der Waals surface area (Å²) in [6.45, 7) is 2.20. The number of ether oxygens (including phenoxy) is 3. The van der Waals surface area contributed by atoms with Gasteiger partial charge >= 0.3 is 0 Å². The molecule has 0 bridgehead atoms. The average molecular weight is 371 g/mol. The number of unbranched alkanes of at least 4 members (excludes halogenated alkanes) is 1. The molecule has 146 valence electrons. The van der Waals surface area contributed by atoms with Crippen LogP contribution in [0.4, 0.5) is 0 Å².